The largest absolute Gasteiger partial charge is 2.00 e. The molecule has 3 heteroatoms. The first-order valence-electron chi connectivity index (χ1n) is 5.79. The van der Waals surface area contributed by atoms with E-state index in [4.69, 9.17) is 4.74 Å². The summed E-state index contributed by atoms with van der Waals surface area (Å²) in [4.78, 5) is 4.24. The molecule has 0 unspecified atom stereocenters. The van der Waals surface area contributed by atoms with Gasteiger partial charge in [-0.15, -0.1) is 17.7 Å². The van der Waals surface area contributed by atoms with Crippen LogP contribution in [0, 0.1) is 0 Å². The molecule has 98 valence electrons. The van der Waals surface area contributed by atoms with Gasteiger partial charge in [0, 0.05) is 11.9 Å². The number of hydrogen-bond acceptors (Lipinski definition) is 2. The van der Waals surface area contributed by atoms with Crippen LogP contribution < -0.4 is 4.74 Å². The third-order valence-electron chi connectivity index (χ3n) is 2.48. The van der Waals surface area contributed by atoms with Gasteiger partial charge in [0.1, 0.15) is 0 Å². The van der Waals surface area contributed by atoms with E-state index in [0.717, 1.165) is 17.0 Å². The molecule has 0 aliphatic heterocycles. The predicted octanol–water partition coefficient (Wildman–Crippen LogP) is 3.88. The van der Waals surface area contributed by atoms with E-state index in [9.17, 15) is 0 Å². The van der Waals surface area contributed by atoms with E-state index in [1.807, 2.05) is 66.7 Å². The molecule has 2 aromatic carbocycles. The topological polar surface area (TPSA) is 22.1 Å². The molecule has 19 heavy (non-hydrogen) atoms. The van der Waals surface area contributed by atoms with E-state index in [1.165, 1.54) is 0 Å². The van der Waals surface area contributed by atoms with Crippen molar-refractivity contribution in [3.05, 3.63) is 72.9 Å². The van der Waals surface area contributed by atoms with E-state index in [1.54, 1.807) is 13.3 Å². The van der Waals surface area contributed by atoms with Gasteiger partial charge in [0.2, 0.25) is 0 Å². The Morgan fingerprint density at radius 3 is 2.26 bits per heavy atom. The van der Waals surface area contributed by atoms with Crippen molar-refractivity contribution in [2.24, 2.45) is 0 Å². The van der Waals surface area contributed by atoms with Crippen LogP contribution in [0.25, 0.3) is 11.3 Å². The minimum atomic E-state index is 0. The molecule has 0 radical (unpaired) electrons. The summed E-state index contributed by atoms with van der Waals surface area (Å²) in [7, 11) is 1.66. The Balaban J connectivity index is 0.000000256. The van der Waals surface area contributed by atoms with Gasteiger partial charge in [0.05, 0.1) is 7.11 Å². The number of ether oxygens (including phenoxy) is 1. The predicted molar refractivity (Wildman–Crippen MR) is 73.9 cm³/mol. The van der Waals surface area contributed by atoms with Crippen molar-refractivity contribution in [2.75, 3.05) is 7.11 Å². The van der Waals surface area contributed by atoms with E-state index in [0.29, 0.717) is 0 Å². The molecule has 2 nitrogen and oxygen atoms in total. The maximum atomic E-state index is 5.09. The average molecular weight is 293 g/mol. The SMILES string of the molecule is COc1ccc(-c2ccccn2)[cH-]1.[Fe+2].c1cc[cH-]c1. The zero-order chi connectivity index (χ0) is 12.6. The minimum Gasteiger partial charge on any atom is -0.517 e. The van der Waals surface area contributed by atoms with Crippen LogP contribution in [0.5, 0.6) is 5.75 Å². The Kier molecular flexibility index (Phi) is 6.65. The van der Waals surface area contributed by atoms with Gasteiger partial charge in [-0.2, -0.15) is 24.3 Å². The molecule has 0 aliphatic rings. The fraction of sp³-hybridized carbons (Fsp3) is 0.0625. The number of aromatic nitrogens is 1. The summed E-state index contributed by atoms with van der Waals surface area (Å²) in [5.74, 6) is 0.876. The van der Waals surface area contributed by atoms with Crippen molar-refractivity contribution in [3.8, 4) is 17.0 Å². The van der Waals surface area contributed by atoms with Crippen molar-refractivity contribution >= 4 is 0 Å². The van der Waals surface area contributed by atoms with Crippen LogP contribution >= 0.6 is 0 Å². The standard InChI is InChI=1S/C11H10NO.C5H5.Fe/c1-13-10-6-5-9(8-10)11-4-2-3-7-12-11;1-2-4-5-3-1;/h2-8H,1H3;1-5H;/q2*-1;+2. The zero-order valence-corrected chi connectivity index (χ0v) is 11.7. The average Bonchev–Trinajstić information content (AvgIpc) is 3.14. The summed E-state index contributed by atoms with van der Waals surface area (Å²) < 4.78 is 5.09. The molecule has 0 amide bonds. The molecule has 0 bridgehead atoms. The van der Waals surface area contributed by atoms with Gasteiger partial charge in [-0.05, 0) is 11.8 Å². The van der Waals surface area contributed by atoms with Crippen molar-refractivity contribution in [1.29, 1.82) is 0 Å². The van der Waals surface area contributed by atoms with E-state index < -0.39 is 0 Å². The molecule has 0 saturated heterocycles. The monoisotopic (exact) mass is 293 g/mol. The van der Waals surface area contributed by atoms with E-state index in [-0.39, 0.29) is 17.1 Å². The Hall–Kier alpha value is -1.83. The third-order valence-corrected chi connectivity index (χ3v) is 2.48. The van der Waals surface area contributed by atoms with E-state index >= 15 is 0 Å². The summed E-state index contributed by atoms with van der Waals surface area (Å²) in [5, 5.41) is 0. The van der Waals surface area contributed by atoms with Crippen LogP contribution in [0.3, 0.4) is 0 Å². The smallest absolute Gasteiger partial charge is 0.517 e. The quantitative estimate of drug-likeness (QED) is 0.528. The number of nitrogens with zero attached hydrogens (tertiary/aromatic N) is 1. The Labute approximate surface area is 124 Å². The normalized spacial score (nSPS) is 8.89. The maximum Gasteiger partial charge on any atom is 2.00 e. The molecule has 0 aliphatic carbocycles. The Bertz CT molecular complexity index is 526. The molecule has 0 saturated carbocycles. The van der Waals surface area contributed by atoms with Crippen molar-refractivity contribution < 1.29 is 21.8 Å². The summed E-state index contributed by atoms with van der Waals surface area (Å²) in [6.45, 7) is 0. The molecule has 0 fully saturated rings. The van der Waals surface area contributed by atoms with Gasteiger partial charge < -0.3 is 9.72 Å². The second-order valence-electron chi connectivity index (χ2n) is 3.72. The first-order chi connectivity index (χ1) is 8.90. The fourth-order valence-corrected chi connectivity index (χ4v) is 1.56. The summed E-state index contributed by atoms with van der Waals surface area (Å²) in [6.07, 6.45) is 1.79. The van der Waals surface area contributed by atoms with Crippen LogP contribution in [-0.4, -0.2) is 12.1 Å². The third kappa shape index (κ3) is 4.74. The molecule has 0 spiro atoms. The van der Waals surface area contributed by atoms with Gasteiger partial charge in [0.25, 0.3) is 0 Å². The Morgan fingerprint density at radius 1 is 1.00 bits per heavy atom. The van der Waals surface area contributed by atoms with Crippen LogP contribution in [-0.2, 0) is 17.1 Å². The molecule has 1 aromatic heterocycles. The van der Waals surface area contributed by atoms with Gasteiger partial charge in [-0.25, -0.2) is 12.1 Å². The van der Waals surface area contributed by atoms with Gasteiger partial charge in [-0.3, -0.25) is 0 Å². The number of methoxy groups -OCH3 is 1. The van der Waals surface area contributed by atoms with Gasteiger partial charge >= 0.3 is 17.1 Å². The summed E-state index contributed by atoms with van der Waals surface area (Å²) >= 11 is 0. The van der Waals surface area contributed by atoms with E-state index in [2.05, 4.69) is 4.98 Å². The van der Waals surface area contributed by atoms with Crippen molar-refractivity contribution in [3.63, 3.8) is 0 Å². The van der Waals surface area contributed by atoms with Crippen LogP contribution in [0.4, 0.5) is 0 Å². The number of rotatable bonds is 2. The first-order valence-corrected chi connectivity index (χ1v) is 5.79. The summed E-state index contributed by atoms with van der Waals surface area (Å²) in [5.41, 5.74) is 2.07. The second-order valence-corrected chi connectivity index (χ2v) is 3.72. The molecule has 1 heterocycles. The zero-order valence-electron chi connectivity index (χ0n) is 10.6. The van der Waals surface area contributed by atoms with Gasteiger partial charge in [-0.1, -0.05) is 12.1 Å². The molecular formula is C16H15FeNO. The second kappa shape index (κ2) is 8.30. The van der Waals surface area contributed by atoms with Crippen LogP contribution in [0.15, 0.2) is 72.9 Å². The molecule has 3 aromatic rings. The molecule has 3 rings (SSSR count). The number of hydrogen-bond donors (Lipinski definition) is 0. The molecule has 0 atom stereocenters. The van der Waals surface area contributed by atoms with Crippen LogP contribution in [0.2, 0.25) is 0 Å². The molecule has 0 N–H and O–H groups in total. The fourth-order valence-electron chi connectivity index (χ4n) is 1.56. The van der Waals surface area contributed by atoms with Crippen molar-refractivity contribution in [1.82, 2.24) is 4.98 Å². The summed E-state index contributed by atoms with van der Waals surface area (Å²) in [6, 6.07) is 21.8. The van der Waals surface area contributed by atoms with Crippen molar-refractivity contribution in [2.45, 2.75) is 0 Å². The Morgan fingerprint density at radius 2 is 1.79 bits per heavy atom. The van der Waals surface area contributed by atoms with Gasteiger partial charge in [0.15, 0.2) is 0 Å². The molecular weight excluding hydrogens is 278 g/mol. The minimum absolute atomic E-state index is 0. The number of pyridine rings is 1. The first kappa shape index (κ1) is 15.2. The van der Waals surface area contributed by atoms with Crippen LogP contribution in [0.1, 0.15) is 0 Å². The maximum absolute atomic E-state index is 5.09.